The molecule has 0 spiro atoms. The predicted octanol–water partition coefficient (Wildman–Crippen LogP) is 4.60. The number of benzene rings is 1. The molecule has 0 bridgehead atoms. The molecule has 0 saturated heterocycles. The zero-order valence-electron chi connectivity index (χ0n) is 18.8. The van der Waals surface area contributed by atoms with Gasteiger partial charge in [-0.05, 0) is 81.0 Å². The maximum absolute atomic E-state index is 6.37. The third kappa shape index (κ3) is 7.08. The molecular formula is C23H43N3S. The predicted molar refractivity (Wildman–Crippen MR) is 124 cm³/mol. The van der Waals surface area contributed by atoms with Crippen molar-refractivity contribution >= 4 is 12.6 Å². The Labute approximate surface area is 173 Å². The second-order valence-corrected chi connectivity index (χ2v) is 11.7. The fourth-order valence-corrected chi connectivity index (χ4v) is 4.63. The molecular weight excluding hydrogens is 350 g/mol. The van der Waals surface area contributed by atoms with E-state index in [9.17, 15) is 0 Å². The van der Waals surface area contributed by atoms with E-state index in [1.165, 1.54) is 16.7 Å². The van der Waals surface area contributed by atoms with Gasteiger partial charge in [-0.1, -0.05) is 45.9 Å². The van der Waals surface area contributed by atoms with Crippen LogP contribution in [0.5, 0.6) is 0 Å². The van der Waals surface area contributed by atoms with E-state index in [0.29, 0.717) is 6.54 Å². The lowest BCUT2D eigenvalue weighted by atomic mass is 9.71. The van der Waals surface area contributed by atoms with Gasteiger partial charge in [-0.2, -0.15) is 12.6 Å². The van der Waals surface area contributed by atoms with Gasteiger partial charge in [0, 0.05) is 16.3 Å². The van der Waals surface area contributed by atoms with Gasteiger partial charge in [-0.25, -0.2) is 0 Å². The van der Waals surface area contributed by atoms with Gasteiger partial charge in [0.15, 0.2) is 0 Å². The van der Waals surface area contributed by atoms with E-state index in [1.807, 2.05) is 6.92 Å². The largest absolute Gasteiger partial charge is 0.330 e. The van der Waals surface area contributed by atoms with E-state index in [0.717, 1.165) is 19.3 Å². The Kier molecular flexibility index (Phi) is 7.66. The lowest BCUT2D eigenvalue weighted by Crippen LogP contribution is -2.39. The minimum atomic E-state index is -0.286. The molecule has 1 aromatic carbocycles. The van der Waals surface area contributed by atoms with Crippen LogP contribution in [0.2, 0.25) is 0 Å². The summed E-state index contributed by atoms with van der Waals surface area (Å²) in [6.07, 6.45) is 2.66. The average molecular weight is 394 g/mol. The molecule has 4 heteroatoms. The monoisotopic (exact) mass is 393 g/mol. The number of nitrogens with two attached hydrogens (primary N) is 3. The first-order valence-corrected chi connectivity index (χ1v) is 10.6. The molecule has 2 atom stereocenters. The molecule has 0 fully saturated rings. The standard InChI is InChI=1S/C23H43N3S/c1-16(25)14-23(8,27)19-12-17(20(2,3)9-10-24)11-18(13-19)21(4,5)15-22(6,7)26/h11-13,16,27H,9-10,14-15,24-26H2,1-8H3. The van der Waals surface area contributed by atoms with E-state index in [4.69, 9.17) is 29.8 Å². The van der Waals surface area contributed by atoms with Crippen LogP contribution in [0, 0.1) is 0 Å². The molecule has 3 nitrogen and oxygen atoms in total. The normalized spacial score (nSPS) is 16.9. The Balaban J connectivity index is 3.57. The summed E-state index contributed by atoms with van der Waals surface area (Å²) in [4.78, 5) is 0. The second-order valence-electron chi connectivity index (χ2n) is 10.7. The highest BCUT2D eigenvalue weighted by atomic mass is 32.1. The van der Waals surface area contributed by atoms with Gasteiger partial charge in [0.2, 0.25) is 0 Å². The summed E-state index contributed by atoms with van der Waals surface area (Å²) in [6.45, 7) is 18.2. The molecule has 27 heavy (non-hydrogen) atoms. The first-order chi connectivity index (χ1) is 12.0. The van der Waals surface area contributed by atoms with E-state index < -0.39 is 0 Å². The molecule has 1 aromatic rings. The highest BCUT2D eigenvalue weighted by Crippen LogP contribution is 2.41. The molecule has 156 valence electrons. The van der Waals surface area contributed by atoms with Gasteiger partial charge < -0.3 is 17.2 Å². The summed E-state index contributed by atoms with van der Waals surface area (Å²) in [5.41, 5.74) is 22.0. The van der Waals surface area contributed by atoms with E-state index in [1.54, 1.807) is 0 Å². The van der Waals surface area contributed by atoms with Gasteiger partial charge in [-0.3, -0.25) is 0 Å². The maximum atomic E-state index is 6.37. The topological polar surface area (TPSA) is 78.1 Å². The van der Waals surface area contributed by atoms with Crippen LogP contribution in [0.1, 0.15) is 91.3 Å². The van der Waals surface area contributed by atoms with Crippen molar-refractivity contribution in [2.75, 3.05) is 6.54 Å². The van der Waals surface area contributed by atoms with Crippen LogP contribution in [-0.2, 0) is 15.6 Å². The SMILES string of the molecule is CC(N)CC(C)(S)c1cc(C(C)(C)CCN)cc(C(C)(C)CC(C)(C)N)c1. The Bertz CT molecular complexity index is 625. The molecule has 0 aliphatic rings. The summed E-state index contributed by atoms with van der Waals surface area (Å²) < 4.78 is -0.286. The lowest BCUT2D eigenvalue weighted by Gasteiger charge is -2.36. The average Bonchev–Trinajstić information content (AvgIpc) is 2.42. The Morgan fingerprint density at radius 2 is 1.33 bits per heavy atom. The first kappa shape index (κ1) is 24.5. The van der Waals surface area contributed by atoms with Gasteiger partial charge >= 0.3 is 0 Å². The van der Waals surface area contributed by atoms with Crippen molar-refractivity contribution in [3.05, 3.63) is 34.9 Å². The number of hydrogen-bond acceptors (Lipinski definition) is 4. The van der Waals surface area contributed by atoms with Crippen molar-refractivity contribution in [1.29, 1.82) is 0 Å². The lowest BCUT2D eigenvalue weighted by molar-refractivity contribution is 0.349. The zero-order valence-corrected chi connectivity index (χ0v) is 19.7. The second kappa shape index (κ2) is 8.44. The fraction of sp³-hybridized carbons (Fsp3) is 0.739. The molecule has 0 radical (unpaired) electrons. The summed E-state index contributed by atoms with van der Waals surface area (Å²) in [7, 11) is 0. The summed E-state index contributed by atoms with van der Waals surface area (Å²) >= 11 is 5.01. The molecule has 0 amide bonds. The van der Waals surface area contributed by atoms with Crippen molar-refractivity contribution in [3.63, 3.8) is 0 Å². The van der Waals surface area contributed by atoms with Crippen molar-refractivity contribution < 1.29 is 0 Å². The zero-order chi connectivity index (χ0) is 21.3. The van der Waals surface area contributed by atoms with Crippen molar-refractivity contribution in [2.24, 2.45) is 17.2 Å². The molecule has 0 aliphatic carbocycles. The maximum Gasteiger partial charge on any atom is 0.0365 e. The fourth-order valence-electron chi connectivity index (χ4n) is 4.21. The number of rotatable bonds is 9. The molecule has 0 heterocycles. The van der Waals surface area contributed by atoms with Crippen LogP contribution >= 0.6 is 12.6 Å². The molecule has 0 aliphatic heterocycles. The van der Waals surface area contributed by atoms with Gasteiger partial charge in [-0.15, -0.1) is 0 Å². The Morgan fingerprint density at radius 1 is 0.889 bits per heavy atom. The van der Waals surface area contributed by atoms with Gasteiger partial charge in [0.25, 0.3) is 0 Å². The molecule has 0 aromatic heterocycles. The van der Waals surface area contributed by atoms with Crippen LogP contribution < -0.4 is 17.2 Å². The Hall–Kier alpha value is -0.550. The van der Waals surface area contributed by atoms with Crippen molar-refractivity contribution in [3.8, 4) is 0 Å². The molecule has 1 rings (SSSR count). The minimum Gasteiger partial charge on any atom is -0.330 e. The van der Waals surface area contributed by atoms with E-state index >= 15 is 0 Å². The summed E-state index contributed by atoms with van der Waals surface area (Å²) in [6, 6.07) is 7.05. The molecule has 6 N–H and O–H groups in total. The van der Waals surface area contributed by atoms with E-state index in [2.05, 4.69) is 66.7 Å². The highest BCUT2D eigenvalue weighted by molar-refractivity contribution is 7.81. The van der Waals surface area contributed by atoms with Crippen LogP contribution in [0.4, 0.5) is 0 Å². The smallest absolute Gasteiger partial charge is 0.0365 e. The molecule has 0 saturated carbocycles. The third-order valence-corrected chi connectivity index (χ3v) is 5.94. The minimum absolute atomic E-state index is 0.00596. The number of thiol groups is 1. The quantitative estimate of drug-likeness (QED) is 0.463. The highest BCUT2D eigenvalue weighted by Gasteiger charge is 2.32. The number of hydrogen-bond donors (Lipinski definition) is 4. The van der Waals surface area contributed by atoms with Crippen LogP contribution in [-0.4, -0.2) is 18.1 Å². The molecule has 2 unspecified atom stereocenters. The first-order valence-electron chi connectivity index (χ1n) is 10.1. The van der Waals surface area contributed by atoms with Crippen molar-refractivity contribution in [2.45, 2.75) is 102 Å². The van der Waals surface area contributed by atoms with Crippen LogP contribution in [0.3, 0.4) is 0 Å². The van der Waals surface area contributed by atoms with Gasteiger partial charge in [0.05, 0.1) is 0 Å². The summed E-state index contributed by atoms with van der Waals surface area (Å²) in [5.74, 6) is 0. The van der Waals surface area contributed by atoms with Crippen LogP contribution in [0.25, 0.3) is 0 Å². The summed E-state index contributed by atoms with van der Waals surface area (Å²) in [5, 5.41) is 0. The van der Waals surface area contributed by atoms with Crippen LogP contribution in [0.15, 0.2) is 18.2 Å². The van der Waals surface area contributed by atoms with E-state index in [-0.39, 0.29) is 27.2 Å². The van der Waals surface area contributed by atoms with Crippen molar-refractivity contribution in [1.82, 2.24) is 0 Å². The van der Waals surface area contributed by atoms with Gasteiger partial charge in [0.1, 0.15) is 0 Å². The third-order valence-electron chi connectivity index (χ3n) is 5.50. The Morgan fingerprint density at radius 3 is 1.74 bits per heavy atom.